The van der Waals surface area contributed by atoms with E-state index in [1.165, 1.54) is 0 Å². The Balaban J connectivity index is 2.66. The molecule has 0 unspecified atom stereocenters. The average Bonchev–Trinajstić information content (AvgIpc) is 2.43. The fourth-order valence-electron chi connectivity index (χ4n) is 1.26. The maximum absolute atomic E-state index is 4.43. The summed E-state index contributed by atoms with van der Waals surface area (Å²) in [6.07, 6.45) is 2.92. The highest BCUT2D eigenvalue weighted by Gasteiger charge is 1.99. The number of aryl methyl sites for hydroxylation is 2. The van der Waals surface area contributed by atoms with Gasteiger partial charge in [-0.2, -0.15) is 5.10 Å². The van der Waals surface area contributed by atoms with E-state index in [9.17, 15) is 0 Å². The van der Waals surface area contributed by atoms with Gasteiger partial charge in [-0.1, -0.05) is 6.92 Å². The van der Waals surface area contributed by atoms with Crippen molar-refractivity contribution >= 4 is 11.0 Å². The van der Waals surface area contributed by atoms with Crippen LogP contribution in [0.2, 0.25) is 0 Å². The van der Waals surface area contributed by atoms with E-state index in [2.05, 4.69) is 17.0 Å². The molecular weight excluding hydrogens is 150 g/mol. The summed E-state index contributed by atoms with van der Waals surface area (Å²) in [6, 6.07) is 4.04. The van der Waals surface area contributed by atoms with Gasteiger partial charge in [0.1, 0.15) is 11.0 Å². The minimum Gasteiger partial charge on any atom is -0.273 e. The topological polar surface area (TPSA) is 30.7 Å². The summed E-state index contributed by atoms with van der Waals surface area (Å²) in [4.78, 5) is 4.43. The van der Waals surface area contributed by atoms with Crippen LogP contribution in [0.15, 0.2) is 18.3 Å². The Morgan fingerprint density at radius 1 is 1.33 bits per heavy atom. The van der Waals surface area contributed by atoms with Crippen LogP contribution in [0.3, 0.4) is 0 Å². The summed E-state index contributed by atoms with van der Waals surface area (Å²) in [6.45, 7) is 2.10. The molecule has 0 aromatic carbocycles. The van der Waals surface area contributed by atoms with E-state index in [1.54, 1.807) is 4.68 Å². The highest BCUT2D eigenvalue weighted by molar-refractivity contribution is 5.73. The van der Waals surface area contributed by atoms with Gasteiger partial charge in [-0.05, 0) is 18.6 Å². The van der Waals surface area contributed by atoms with Crippen molar-refractivity contribution in [2.24, 2.45) is 7.05 Å². The zero-order valence-corrected chi connectivity index (χ0v) is 7.28. The fourth-order valence-corrected chi connectivity index (χ4v) is 1.26. The first-order valence-electron chi connectivity index (χ1n) is 4.09. The first-order chi connectivity index (χ1) is 5.79. The fraction of sp³-hybridized carbons (Fsp3) is 0.333. The van der Waals surface area contributed by atoms with Crippen molar-refractivity contribution < 1.29 is 0 Å². The van der Waals surface area contributed by atoms with Gasteiger partial charge in [0.15, 0.2) is 0 Å². The number of aromatic nitrogens is 3. The number of nitrogens with zero attached hydrogens (tertiary/aromatic N) is 3. The van der Waals surface area contributed by atoms with Gasteiger partial charge in [0.05, 0.1) is 6.20 Å². The summed E-state index contributed by atoms with van der Waals surface area (Å²) >= 11 is 0. The largest absolute Gasteiger partial charge is 0.273 e. The molecule has 0 spiro atoms. The van der Waals surface area contributed by atoms with Gasteiger partial charge in [0, 0.05) is 12.7 Å². The Morgan fingerprint density at radius 2 is 2.17 bits per heavy atom. The number of hydrogen-bond donors (Lipinski definition) is 0. The molecule has 0 bridgehead atoms. The van der Waals surface area contributed by atoms with Gasteiger partial charge in [0.2, 0.25) is 0 Å². The number of pyridine rings is 1. The molecule has 2 aromatic rings. The number of fused-ring (bicyclic) bond motifs is 1. The summed E-state index contributed by atoms with van der Waals surface area (Å²) < 4.78 is 1.79. The molecule has 0 N–H and O–H groups in total. The van der Waals surface area contributed by atoms with Crippen LogP contribution in [0.5, 0.6) is 0 Å². The molecule has 0 atom stereocenters. The SMILES string of the molecule is CCc1ccc2nn(C)cc2n1. The van der Waals surface area contributed by atoms with Crippen molar-refractivity contribution in [2.45, 2.75) is 13.3 Å². The second-order valence-electron chi connectivity index (χ2n) is 2.86. The van der Waals surface area contributed by atoms with Crippen LogP contribution >= 0.6 is 0 Å². The predicted octanol–water partition coefficient (Wildman–Crippen LogP) is 1.53. The van der Waals surface area contributed by atoms with Crippen molar-refractivity contribution in [3.05, 3.63) is 24.0 Å². The molecule has 3 heteroatoms. The first kappa shape index (κ1) is 7.28. The van der Waals surface area contributed by atoms with Gasteiger partial charge in [-0.25, -0.2) is 4.98 Å². The van der Waals surface area contributed by atoms with Gasteiger partial charge < -0.3 is 0 Å². The van der Waals surface area contributed by atoms with Crippen molar-refractivity contribution in [2.75, 3.05) is 0 Å². The van der Waals surface area contributed by atoms with E-state index >= 15 is 0 Å². The van der Waals surface area contributed by atoms with Crippen molar-refractivity contribution in [3.8, 4) is 0 Å². The molecule has 2 heterocycles. The van der Waals surface area contributed by atoms with E-state index < -0.39 is 0 Å². The molecule has 0 saturated carbocycles. The summed E-state index contributed by atoms with van der Waals surface area (Å²) in [5, 5.41) is 4.24. The Hall–Kier alpha value is -1.38. The molecular formula is C9H11N3. The molecule has 0 aliphatic rings. The molecule has 0 amide bonds. The molecule has 0 fully saturated rings. The molecule has 0 aliphatic heterocycles. The van der Waals surface area contributed by atoms with Crippen molar-refractivity contribution in [3.63, 3.8) is 0 Å². The Bertz CT molecular complexity index is 403. The quantitative estimate of drug-likeness (QED) is 0.635. The monoisotopic (exact) mass is 161 g/mol. The summed E-state index contributed by atoms with van der Waals surface area (Å²) in [5.74, 6) is 0. The second-order valence-corrected chi connectivity index (χ2v) is 2.86. The van der Waals surface area contributed by atoms with Crippen LogP contribution in [0.4, 0.5) is 0 Å². The van der Waals surface area contributed by atoms with Gasteiger partial charge in [0.25, 0.3) is 0 Å². The van der Waals surface area contributed by atoms with Crippen LogP contribution in [0.25, 0.3) is 11.0 Å². The minimum absolute atomic E-state index is 0.967. The third kappa shape index (κ3) is 1.07. The van der Waals surface area contributed by atoms with Crippen LogP contribution in [0.1, 0.15) is 12.6 Å². The van der Waals surface area contributed by atoms with Crippen LogP contribution in [0, 0.1) is 0 Å². The zero-order chi connectivity index (χ0) is 8.55. The standard InChI is InChI=1S/C9H11N3/c1-3-7-4-5-8-9(10-7)6-12(2)11-8/h4-6H,3H2,1-2H3. The van der Waals surface area contributed by atoms with Crippen LogP contribution in [-0.2, 0) is 13.5 Å². The van der Waals surface area contributed by atoms with E-state index in [-0.39, 0.29) is 0 Å². The lowest BCUT2D eigenvalue weighted by Crippen LogP contribution is -1.85. The molecule has 2 rings (SSSR count). The number of rotatable bonds is 1. The summed E-state index contributed by atoms with van der Waals surface area (Å²) in [7, 11) is 1.91. The lowest BCUT2D eigenvalue weighted by atomic mass is 10.3. The first-order valence-corrected chi connectivity index (χ1v) is 4.09. The predicted molar refractivity (Wildman–Crippen MR) is 47.9 cm³/mol. The molecule has 2 aromatic heterocycles. The highest BCUT2D eigenvalue weighted by Crippen LogP contribution is 2.09. The minimum atomic E-state index is 0.967. The van der Waals surface area contributed by atoms with Crippen LogP contribution < -0.4 is 0 Å². The smallest absolute Gasteiger partial charge is 0.111 e. The molecule has 0 saturated heterocycles. The molecule has 0 radical (unpaired) electrons. The van der Waals surface area contributed by atoms with Crippen LogP contribution in [-0.4, -0.2) is 14.8 Å². The molecule has 0 aliphatic carbocycles. The maximum Gasteiger partial charge on any atom is 0.111 e. The lowest BCUT2D eigenvalue weighted by molar-refractivity contribution is 0.779. The third-order valence-corrected chi connectivity index (χ3v) is 1.90. The zero-order valence-electron chi connectivity index (χ0n) is 7.28. The average molecular weight is 161 g/mol. The van der Waals surface area contributed by atoms with E-state index in [1.807, 2.05) is 25.4 Å². The van der Waals surface area contributed by atoms with E-state index in [0.717, 1.165) is 23.1 Å². The molecule has 62 valence electrons. The van der Waals surface area contributed by atoms with Gasteiger partial charge in [-0.15, -0.1) is 0 Å². The molecule has 3 nitrogen and oxygen atoms in total. The Labute approximate surface area is 71.0 Å². The Morgan fingerprint density at radius 3 is 2.92 bits per heavy atom. The van der Waals surface area contributed by atoms with Crippen molar-refractivity contribution in [1.29, 1.82) is 0 Å². The normalized spacial score (nSPS) is 10.8. The number of hydrogen-bond acceptors (Lipinski definition) is 2. The van der Waals surface area contributed by atoms with E-state index in [0.29, 0.717) is 0 Å². The third-order valence-electron chi connectivity index (χ3n) is 1.90. The maximum atomic E-state index is 4.43. The van der Waals surface area contributed by atoms with Gasteiger partial charge in [-0.3, -0.25) is 4.68 Å². The second kappa shape index (κ2) is 2.59. The molecule has 12 heavy (non-hydrogen) atoms. The van der Waals surface area contributed by atoms with Gasteiger partial charge >= 0.3 is 0 Å². The van der Waals surface area contributed by atoms with E-state index in [4.69, 9.17) is 0 Å². The lowest BCUT2D eigenvalue weighted by Gasteiger charge is -1.92. The highest BCUT2D eigenvalue weighted by atomic mass is 15.2. The van der Waals surface area contributed by atoms with Crippen molar-refractivity contribution in [1.82, 2.24) is 14.8 Å². The Kier molecular flexibility index (Phi) is 1.57. The summed E-state index contributed by atoms with van der Waals surface area (Å²) in [5.41, 5.74) is 3.07.